The molecule has 49 heavy (non-hydrogen) atoms. The van der Waals surface area contributed by atoms with E-state index in [1.165, 1.54) is 27.4 Å². The number of amides is 2. The Balaban J connectivity index is 0.000000171. The van der Waals surface area contributed by atoms with E-state index in [1.54, 1.807) is 39.3 Å². The zero-order chi connectivity index (χ0) is 34.8. The monoisotopic (exact) mass is 739 g/mol. The zero-order valence-electron chi connectivity index (χ0n) is 26.7. The Bertz CT molecular complexity index is 2230. The van der Waals surface area contributed by atoms with E-state index in [0.717, 1.165) is 43.4 Å². The standard InChI is InChI=1S/C18H19N5O2S.C14H12Cl2N4O2S/c1-10(20-11-4-3-5-12(8-11)25-2)17(24)22-18-21-15-7-6-14-13(9-19-23-14)16(15)26-18;1-6(15)12(21)19-14-18-9-3-4-10-8(11(9)23-14)5-17-20(10)13(22)7(2)16/h3-5,7-10,14,20,23H,6H2,1-2H3,(H,21,22,24);3-7H,1-2H3,(H,18,19,21). The number of halogens is 2. The van der Waals surface area contributed by atoms with Gasteiger partial charge in [0.2, 0.25) is 11.8 Å². The fourth-order valence-corrected chi connectivity index (χ4v) is 7.20. The lowest BCUT2D eigenvalue weighted by Crippen LogP contribution is -2.35. The zero-order valence-corrected chi connectivity index (χ0v) is 29.8. The number of nitrogens with one attached hydrogen (secondary N) is 4. The first-order chi connectivity index (χ1) is 23.5. The molecule has 2 amide bonds. The minimum absolute atomic E-state index is 0.140. The number of carbonyl (C=O) groups excluding carboxylic acids is 3. The van der Waals surface area contributed by atoms with E-state index in [0.29, 0.717) is 21.3 Å². The van der Waals surface area contributed by atoms with Crippen molar-refractivity contribution in [2.24, 2.45) is 5.10 Å². The van der Waals surface area contributed by atoms with Gasteiger partial charge in [0, 0.05) is 22.7 Å². The van der Waals surface area contributed by atoms with Crippen LogP contribution in [0.4, 0.5) is 16.0 Å². The summed E-state index contributed by atoms with van der Waals surface area (Å²) in [6, 6.07) is 10.8. The van der Waals surface area contributed by atoms with Gasteiger partial charge in [-0.15, -0.1) is 23.2 Å². The molecule has 0 radical (unpaired) electrons. The molecule has 7 rings (SSSR count). The van der Waals surface area contributed by atoms with Crippen molar-refractivity contribution in [3.8, 4) is 5.75 Å². The highest BCUT2D eigenvalue weighted by atomic mass is 35.5. The second-order valence-electron chi connectivity index (χ2n) is 11.1. The fourth-order valence-electron chi connectivity index (χ4n) is 5.05. The Morgan fingerprint density at radius 2 is 1.80 bits per heavy atom. The number of carbonyl (C=O) groups is 3. The number of benzene rings is 2. The first-order valence-electron chi connectivity index (χ1n) is 15.1. The molecule has 4 N–H and O–H groups in total. The number of fused-ring (bicyclic) bond motifs is 5. The molecule has 1 aliphatic heterocycles. The Morgan fingerprint density at radius 1 is 1.02 bits per heavy atom. The number of nitrogens with zero attached hydrogens (tertiary/aromatic N) is 5. The largest absolute Gasteiger partial charge is 0.497 e. The minimum Gasteiger partial charge on any atom is -0.497 e. The van der Waals surface area contributed by atoms with Crippen molar-refractivity contribution in [1.82, 2.24) is 25.2 Å². The Hall–Kier alpha value is -4.57. The van der Waals surface area contributed by atoms with E-state index in [2.05, 4.69) is 47.6 Å². The maximum absolute atomic E-state index is 12.5. The summed E-state index contributed by atoms with van der Waals surface area (Å²) in [6.45, 7) is 5.00. The third-order valence-electron chi connectivity index (χ3n) is 7.59. The number of ether oxygens (including phenoxy) is 1. The van der Waals surface area contributed by atoms with Crippen LogP contribution in [0.2, 0.25) is 0 Å². The smallest absolute Gasteiger partial charge is 0.265 e. The van der Waals surface area contributed by atoms with E-state index in [1.807, 2.05) is 37.4 Å². The highest BCUT2D eigenvalue weighted by Crippen LogP contribution is 2.33. The molecule has 2 aromatic carbocycles. The van der Waals surface area contributed by atoms with Crippen molar-refractivity contribution >= 4 is 119 Å². The molecule has 4 atom stereocenters. The van der Waals surface area contributed by atoms with Crippen LogP contribution in [0.15, 0.2) is 47.7 Å². The molecule has 4 unspecified atom stereocenters. The minimum atomic E-state index is -0.671. The van der Waals surface area contributed by atoms with Gasteiger partial charge in [-0.2, -0.15) is 14.9 Å². The van der Waals surface area contributed by atoms with Crippen LogP contribution in [0.5, 0.6) is 5.75 Å². The molecular weight excluding hydrogens is 709 g/mol. The lowest BCUT2D eigenvalue weighted by molar-refractivity contribution is -0.117. The predicted octanol–water partition coefficient (Wildman–Crippen LogP) is 4.36. The molecule has 17 heteroatoms. The van der Waals surface area contributed by atoms with Gasteiger partial charge < -0.3 is 26.1 Å². The molecule has 0 bridgehead atoms. The first-order valence-corrected chi connectivity index (χ1v) is 17.6. The van der Waals surface area contributed by atoms with Gasteiger partial charge in [-0.3, -0.25) is 14.4 Å². The third kappa shape index (κ3) is 7.39. The number of rotatable bonds is 8. The van der Waals surface area contributed by atoms with Crippen molar-refractivity contribution in [3.05, 3.63) is 52.5 Å². The summed E-state index contributed by atoms with van der Waals surface area (Å²) in [7, 11) is 1.61. The summed E-state index contributed by atoms with van der Waals surface area (Å²) in [5, 5.41) is 18.4. The van der Waals surface area contributed by atoms with E-state index in [4.69, 9.17) is 27.9 Å². The summed E-state index contributed by atoms with van der Waals surface area (Å²) >= 11 is 14.4. The molecule has 13 nitrogen and oxygen atoms in total. The van der Waals surface area contributed by atoms with E-state index < -0.39 is 16.8 Å². The topological polar surface area (TPSA) is 165 Å². The first kappa shape index (κ1) is 34.3. The van der Waals surface area contributed by atoms with Gasteiger partial charge >= 0.3 is 0 Å². The van der Waals surface area contributed by atoms with Gasteiger partial charge in [0.25, 0.3) is 5.91 Å². The van der Waals surface area contributed by atoms with Crippen molar-refractivity contribution in [2.75, 3.05) is 23.1 Å². The average molecular weight is 741 g/mol. The Labute approximate surface area is 298 Å². The Morgan fingerprint density at radius 3 is 2.55 bits per heavy atom. The molecule has 4 heterocycles. The molecule has 5 aromatic rings. The van der Waals surface area contributed by atoms with Gasteiger partial charge in [0.15, 0.2) is 10.3 Å². The number of thiazole rings is 2. The van der Waals surface area contributed by atoms with Crippen molar-refractivity contribution < 1.29 is 19.1 Å². The number of hydrazone groups is 1. The molecular formula is C32H31Cl2N9O4S2. The highest BCUT2D eigenvalue weighted by molar-refractivity contribution is 7.23. The molecule has 254 valence electrons. The third-order valence-corrected chi connectivity index (χ3v) is 10.0. The van der Waals surface area contributed by atoms with E-state index >= 15 is 0 Å². The predicted molar refractivity (Wildman–Crippen MR) is 197 cm³/mol. The molecule has 3 aromatic heterocycles. The molecule has 0 saturated carbocycles. The van der Waals surface area contributed by atoms with Crippen LogP contribution in [0.1, 0.15) is 32.0 Å². The number of alkyl halides is 2. The number of hydrogen-bond donors (Lipinski definition) is 4. The fraction of sp³-hybridized carbons (Fsp3) is 0.281. The van der Waals surface area contributed by atoms with Crippen molar-refractivity contribution in [3.63, 3.8) is 0 Å². The summed E-state index contributed by atoms with van der Waals surface area (Å²) in [4.78, 5) is 45.1. The molecule has 2 aliphatic rings. The SMILES string of the molecule is CC(Cl)C(=O)Nc1nc2ccc3c(cnn3C(=O)C(C)Cl)c2s1.COc1cccc(NC(C)C(=O)Nc2nc3c(s2)=C2C=NNC2CC=3)c1. The van der Waals surface area contributed by atoms with Crippen molar-refractivity contribution in [2.45, 2.75) is 50.0 Å². The number of methoxy groups -OCH3 is 1. The van der Waals surface area contributed by atoms with Gasteiger partial charge in [-0.05, 0) is 51.5 Å². The Kier molecular flexibility index (Phi) is 10.2. The normalized spacial score (nSPS) is 16.3. The number of aromatic nitrogens is 4. The molecule has 1 aliphatic carbocycles. The lowest BCUT2D eigenvalue weighted by atomic mass is 10.0. The lowest BCUT2D eigenvalue weighted by Gasteiger charge is -2.14. The average Bonchev–Trinajstić information content (AvgIpc) is 3.88. The van der Waals surface area contributed by atoms with Crippen LogP contribution in [0.3, 0.4) is 0 Å². The van der Waals surface area contributed by atoms with E-state index in [9.17, 15) is 14.4 Å². The second kappa shape index (κ2) is 14.5. The van der Waals surface area contributed by atoms with Gasteiger partial charge in [-0.1, -0.05) is 34.8 Å². The van der Waals surface area contributed by atoms with Crippen LogP contribution in [-0.2, 0) is 9.59 Å². The van der Waals surface area contributed by atoms with Crippen LogP contribution in [0, 0.1) is 0 Å². The summed E-state index contributed by atoms with van der Waals surface area (Å²) in [5.74, 6) is -0.0123. The molecule has 0 fully saturated rings. The number of hydrogen-bond acceptors (Lipinski definition) is 12. The summed E-state index contributed by atoms with van der Waals surface area (Å²) in [5.41, 5.74) is 6.41. The van der Waals surface area contributed by atoms with Crippen LogP contribution >= 0.6 is 45.9 Å². The van der Waals surface area contributed by atoms with Crippen LogP contribution < -0.4 is 36.0 Å². The van der Waals surface area contributed by atoms with Crippen LogP contribution in [0.25, 0.3) is 32.8 Å². The maximum atomic E-state index is 12.5. The van der Waals surface area contributed by atoms with Gasteiger partial charge in [0.1, 0.15) is 22.5 Å². The van der Waals surface area contributed by atoms with Gasteiger partial charge in [0.05, 0.1) is 51.2 Å². The highest BCUT2D eigenvalue weighted by Gasteiger charge is 2.23. The van der Waals surface area contributed by atoms with Crippen LogP contribution in [-0.4, -0.2) is 73.6 Å². The van der Waals surface area contributed by atoms with Crippen molar-refractivity contribution in [1.29, 1.82) is 0 Å². The quantitative estimate of drug-likeness (QED) is 0.169. The summed E-state index contributed by atoms with van der Waals surface area (Å²) in [6.07, 6.45) is 6.37. The second-order valence-corrected chi connectivity index (χ2v) is 14.4. The molecule has 0 spiro atoms. The maximum Gasteiger partial charge on any atom is 0.265 e. The molecule has 0 saturated heterocycles. The summed E-state index contributed by atoms with van der Waals surface area (Å²) < 4.78 is 8.39. The van der Waals surface area contributed by atoms with Gasteiger partial charge in [-0.25, -0.2) is 9.97 Å². The number of anilines is 3. The van der Waals surface area contributed by atoms with E-state index in [-0.39, 0.29) is 23.8 Å².